The van der Waals surface area contributed by atoms with Gasteiger partial charge in [-0.2, -0.15) is 0 Å². The van der Waals surface area contributed by atoms with E-state index in [0.29, 0.717) is 5.56 Å². The number of phenolic OH excluding ortho intramolecular Hbond substituents is 1. The van der Waals surface area contributed by atoms with Crippen molar-refractivity contribution in [1.29, 1.82) is 0 Å². The number of primary amides is 1. The summed E-state index contributed by atoms with van der Waals surface area (Å²) in [7, 11) is 0. The van der Waals surface area contributed by atoms with E-state index in [9.17, 15) is 24.3 Å². The Morgan fingerprint density at radius 1 is 0.805 bits per heavy atom. The molecule has 0 aliphatic carbocycles. The SMILES string of the molecule is C=C(C(N)=O)[C@@H](NC(=O)[C@H](Cc1ccccc1)NC(=O)[C@@H](CN)NC(=O)[C@@H](N)Cc1ccc(O)cc1)c1ccco1. The molecule has 3 aromatic rings. The number of nitrogens with one attached hydrogen (secondary N) is 3. The Hall–Kier alpha value is -4.94. The summed E-state index contributed by atoms with van der Waals surface area (Å²) < 4.78 is 5.36. The average molecular weight is 563 g/mol. The van der Waals surface area contributed by atoms with Gasteiger partial charge < -0.3 is 42.7 Å². The van der Waals surface area contributed by atoms with Crippen LogP contribution in [0.4, 0.5) is 0 Å². The van der Waals surface area contributed by atoms with Gasteiger partial charge in [-0.25, -0.2) is 0 Å². The van der Waals surface area contributed by atoms with E-state index < -0.39 is 47.8 Å². The van der Waals surface area contributed by atoms with Gasteiger partial charge in [-0.05, 0) is 41.8 Å². The Morgan fingerprint density at radius 2 is 1.41 bits per heavy atom. The lowest BCUT2D eigenvalue weighted by atomic mass is 10.0. The summed E-state index contributed by atoms with van der Waals surface area (Å²) in [5.74, 6) is -2.53. The molecule has 0 radical (unpaired) electrons. The third-order valence-corrected chi connectivity index (χ3v) is 6.29. The Balaban J connectivity index is 1.74. The fraction of sp³-hybridized carbons (Fsp3) is 0.241. The lowest BCUT2D eigenvalue weighted by Crippen LogP contribution is -2.58. The predicted molar refractivity (Wildman–Crippen MR) is 151 cm³/mol. The van der Waals surface area contributed by atoms with Gasteiger partial charge in [0, 0.05) is 18.5 Å². The molecule has 0 bridgehead atoms. The van der Waals surface area contributed by atoms with Crippen LogP contribution in [0.1, 0.15) is 22.9 Å². The summed E-state index contributed by atoms with van der Waals surface area (Å²) in [5.41, 5.74) is 18.6. The van der Waals surface area contributed by atoms with Crippen LogP contribution in [0.2, 0.25) is 0 Å². The lowest BCUT2D eigenvalue weighted by molar-refractivity contribution is -0.132. The number of hydrogen-bond donors (Lipinski definition) is 7. The third kappa shape index (κ3) is 8.78. The number of carbonyl (C=O) groups is 4. The first kappa shape index (κ1) is 30.6. The molecule has 0 saturated carbocycles. The molecule has 1 aromatic heterocycles. The molecular weight excluding hydrogens is 528 g/mol. The second-order valence-electron chi connectivity index (χ2n) is 9.37. The minimum atomic E-state index is -1.19. The van der Waals surface area contributed by atoms with E-state index in [1.807, 2.05) is 6.07 Å². The molecule has 12 heteroatoms. The zero-order valence-electron chi connectivity index (χ0n) is 22.3. The van der Waals surface area contributed by atoms with Gasteiger partial charge in [0.05, 0.1) is 12.3 Å². The van der Waals surface area contributed by atoms with Crippen molar-refractivity contribution in [1.82, 2.24) is 16.0 Å². The number of furan rings is 1. The highest BCUT2D eigenvalue weighted by atomic mass is 16.3. The monoisotopic (exact) mass is 562 g/mol. The Morgan fingerprint density at radius 3 is 2.00 bits per heavy atom. The fourth-order valence-electron chi connectivity index (χ4n) is 3.99. The van der Waals surface area contributed by atoms with Gasteiger partial charge in [0.15, 0.2) is 0 Å². The molecule has 2 aromatic carbocycles. The van der Waals surface area contributed by atoms with Crippen LogP contribution in [-0.4, -0.2) is 53.4 Å². The number of aromatic hydroxyl groups is 1. The third-order valence-electron chi connectivity index (χ3n) is 6.29. The summed E-state index contributed by atoms with van der Waals surface area (Å²) in [6.45, 7) is 3.40. The maximum Gasteiger partial charge on any atom is 0.246 e. The number of nitrogens with two attached hydrogens (primary N) is 3. The molecule has 0 saturated heterocycles. The summed E-state index contributed by atoms with van der Waals surface area (Å²) in [4.78, 5) is 51.3. The molecule has 0 aliphatic rings. The van der Waals surface area contributed by atoms with E-state index in [0.717, 1.165) is 5.56 Å². The molecule has 4 amide bonds. The quantitative estimate of drug-likeness (QED) is 0.132. The number of benzene rings is 2. The van der Waals surface area contributed by atoms with Crippen molar-refractivity contribution in [3.05, 3.63) is 102 Å². The smallest absolute Gasteiger partial charge is 0.246 e. The molecule has 216 valence electrons. The van der Waals surface area contributed by atoms with E-state index in [1.165, 1.54) is 18.4 Å². The van der Waals surface area contributed by atoms with E-state index in [4.69, 9.17) is 21.6 Å². The molecule has 12 nitrogen and oxygen atoms in total. The van der Waals surface area contributed by atoms with Gasteiger partial charge in [-0.3, -0.25) is 19.2 Å². The second-order valence-corrected chi connectivity index (χ2v) is 9.37. The van der Waals surface area contributed by atoms with Crippen molar-refractivity contribution < 1.29 is 28.7 Å². The van der Waals surface area contributed by atoms with Crippen molar-refractivity contribution >= 4 is 23.6 Å². The van der Waals surface area contributed by atoms with Crippen molar-refractivity contribution in [3.8, 4) is 5.75 Å². The predicted octanol–water partition coefficient (Wildman–Crippen LogP) is -0.0750. The standard InChI is InChI=1S/C29H34N6O6/c1-17(26(32)37)25(24-8-5-13-41-24)35-28(39)22(15-18-6-3-2-4-7-18)33-29(40)23(16-30)34-27(38)21(31)14-19-9-11-20(36)12-10-19/h2-13,21-23,25,36H,1,14-16,30-31H2,(H2,32,37)(H,33,40)(H,34,38)(H,35,39)/t21-,22-,23+,25+/m0/s1. The maximum absolute atomic E-state index is 13.5. The van der Waals surface area contributed by atoms with Crippen molar-refractivity contribution in [2.75, 3.05) is 6.54 Å². The molecule has 0 unspecified atom stereocenters. The first-order valence-electron chi connectivity index (χ1n) is 12.8. The minimum absolute atomic E-state index is 0.0788. The van der Waals surface area contributed by atoms with Crippen LogP contribution >= 0.6 is 0 Å². The zero-order chi connectivity index (χ0) is 29.9. The van der Waals surface area contributed by atoms with Crippen molar-refractivity contribution in [2.45, 2.75) is 37.0 Å². The first-order valence-corrected chi connectivity index (χ1v) is 12.8. The molecule has 3 rings (SSSR count). The van der Waals surface area contributed by atoms with Crippen LogP contribution in [-0.2, 0) is 32.0 Å². The van der Waals surface area contributed by atoms with Crippen molar-refractivity contribution in [2.24, 2.45) is 17.2 Å². The van der Waals surface area contributed by atoms with Crippen LogP contribution < -0.4 is 33.2 Å². The van der Waals surface area contributed by atoms with E-state index in [2.05, 4.69) is 22.5 Å². The van der Waals surface area contributed by atoms with Gasteiger partial charge >= 0.3 is 0 Å². The number of hydrogen-bond acceptors (Lipinski definition) is 8. The number of carbonyl (C=O) groups excluding carboxylic acids is 4. The van der Waals surface area contributed by atoms with Gasteiger partial charge in [0.25, 0.3) is 0 Å². The Kier molecular flexibility index (Phi) is 10.8. The number of rotatable bonds is 14. The highest BCUT2D eigenvalue weighted by Gasteiger charge is 2.31. The Bertz CT molecular complexity index is 1340. The summed E-state index contributed by atoms with van der Waals surface area (Å²) >= 11 is 0. The Labute approximate surface area is 237 Å². The second kappa shape index (κ2) is 14.4. The van der Waals surface area contributed by atoms with Crippen molar-refractivity contribution in [3.63, 3.8) is 0 Å². The fourth-order valence-corrected chi connectivity index (χ4v) is 3.99. The summed E-state index contributed by atoms with van der Waals surface area (Å²) in [6, 6.07) is 13.9. The zero-order valence-corrected chi connectivity index (χ0v) is 22.3. The van der Waals surface area contributed by atoms with Gasteiger partial charge in [0.1, 0.15) is 29.6 Å². The van der Waals surface area contributed by atoms with Crippen LogP contribution in [0.5, 0.6) is 5.75 Å². The topological polar surface area (TPSA) is 216 Å². The largest absolute Gasteiger partial charge is 0.508 e. The minimum Gasteiger partial charge on any atom is -0.508 e. The van der Waals surface area contributed by atoms with Crippen LogP contribution in [0.3, 0.4) is 0 Å². The van der Waals surface area contributed by atoms with Crippen LogP contribution in [0.15, 0.2) is 89.6 Å². The molecule has 0 fully saturated rings. The molecule has 0 aliphatic heterocycles. The highest BCUT2D eigenvalue weighted by Crippen LogP contribution is 2.21. The van der Waals surface area contributed by atoms with Gasteiger partial charge in [0.2, 0.25) is 23.6 Å². The highest BCUT2D eigenvalue weighted by molar-refractivity contribution is 5.96. The normalized spacial score (nSPS) is 13.7. The average Bonchev–Trinajstić information content (AvgIpc) is 3.50. The number of phenols is 1. The lowest BCUT2D eigenvalue weighted by Gasteiger charge is -2.25. The molecule has 0 spiro atoms. The summed E-state index contributed by atoms with van der Waals surface area (Å²) in [5, 5.41) is 17.3. The van der Waals surface area contributed by atoms with Crippen LogP contribution in [0, 0.1) is 0 Å². The molecule has 4 atom stereocenters. The van der Waals surface area contributed by atoms with E-state index in [1.54, 1.807) is 48.5 Å². The van der Waals surface area contributed by atoms with E-state index >= 15 is 0 Å². The van der Waals surface area contributed by atoms with Gasteiger partial charge in [-0.1, -0.05) is 49.0 Å². The van der Waals surface area contributed by atoms with E-state index in [-0.39, 0.29) is 36.5 Å². The summed E-state index contributed by atoms with van der Waals surface area (Å²) in [6.07, 6.45) is 1.60. The first-order chi connectivity index (χ1) is 19.6. The molecule has 10 N–H and O–H groups in total. The van der Waals surface area contributed by atoms with Crippen LogP contribution in [0.25, 0.3) is 0 Å². The number of amides is 4. The molecule has 41 heavy (non-hydrogen) atoms. The maximum atomic E-state index is 13.5. The van der Waals surface area contributed by atoms with Gasteiger partial charge in [-0.15, -0.1) is 0 Å². The molecular formula is C29H34N6O6. The molecule has 1 heterocycles.